The van der Waals surface area contributed by atoms with Gasteiger partial charge in [-0.2, -0.15) is 0 Å². The molecule has 1 rings (SSSR count). The van der Waals surface area contributed by atoms with E-state index in [1.54, 1.807) is 5.57 Å². The molecule has 1 aliphatic rings. The Hall–Kier alpha value is -0.300. The van der Waals surface area contributed by atoms with E-state index >= 15 is 0 Å². The zero-order chi connectivity index (χ0) is 11.6. The quantitative estimate of drug-likeness (QED) is 0.657. The van der Waals surface area contributed by atoms with Crippen molar-refractivity contribution >= 4 is 0 Å². The van der Waals surface area contributed by atoms with Gasteiger partial charge in [-0.05, 0) is 45.1 Å². The first-order valence-corrected chi connectivity index (χ1v) is 7.30. The average molecular weight is 223 g/mol. The molecule has 0 radical (unpaired) electrons. The molecule has 0 bridgehead atoms. The highest BCUT2D eigenvalue weighted by Gasteiger charge is 2.13. The smallest absolute Gasteiger partial charge is 0.0279 e. The van der Waals surface area contributed by atoms with Gasteiger partial charge in [0.1, 0.15) is 0 Å². The summed E-state index contributed by atoms with van der Waals surface area (Å²) < 4.78 is 0. The molecule has 1 atom stereocenters. The first-order valence-electron chi connectivity index (χ1n) is 7.30. The highest BCUT2D eigenvalue weighted by molar-refractivity contribution is 5.11. The molecule has 0 aromatic rings. The molecule has 1 aliphatic carbocycles. The minimum atomic E-state index is 0.669. The Morgan fingerprint density at radius 1 is 1.12 bits per heavy atom. The predicted molar refractivity (Wildman–Crippen MR) is 72.8 cm³/mol. The van der Waals surface area contributed by atoms with Crippen molar-refractivity contribution in [2.24, 2.45) is 0 Å². The first kappa shape index (κ1) is 13.8. The molecule has 0 aromatic heterocycles. The number of hydrogen-bond donors (Lipinski definition) is 1. The van der Waals surface area contributed by atoms with Crippen LogP contribution in [0.4, 0.5) is 0 Å². The minimum absolute atomic E-state index is 0.669. The van der Waals surface area contributed by atoms with Crippen molar-refractivity contribution in [3.05, 3.63) is 11.6 Å². The van der Waals surface area contributed by atoms with Crippen LogP contribution in [0.3, 0.4) is 0 Å². The van der Waals surface area contributed by atoms with Crippen LogP contribution in [0.1, 0.15) is 71.6 Å². The van der Waals surface area contributed by atoms with E-state index in [4.69, 9.17) is 0 Å². The lowest BCUT2D eigenvalue weighted by molar-refractivity contribution is 0.496. The molecule has 1 heteroatoms. The summed E-state index contributed by atoms with van der Waals surface area (Å²) in [5.41, 5.74) is 1.70. The van der Waals surface area contributed by atoms with Crippen LogP contribution in [0.5, 0.6) is 0 Å². The summed E-state index contributed by atoms with van der Waals surface area (Å²) in [4.78, 5) is 0. The van der Waals surface area contributed by atoms with Crippen LogP contribution in [-0.4, -0.2) is 12.6 Å². The Morgan fingerprint density at radius 3 is 2.69 bits per heavy atom. The molecule has 0 saturated heterocycles. The van der Waals surface area contributed by atoms with E-state index in [1.165, 1.54) is 64.3 Å². The molecule has 0 fully saturated rings. The average Bonchev–Trinajstić information content (AvgIpc) is 2.24. The van der Waals surface area contributed by atoms with Crippen LogP contribution >= 0.6 is 0 Å². The molecule has 0 aromatic carbocycles. The van der Waals surface area contributed by atoms with Gasteiger partial charge < -0.3 is 5.32 Å². The van der Waals surface area contributed by atoms with Crippen molar-refractivity contribution in [2.45, 2.75) is 77.7 Å². The first-order chi connectivity index (χ1) is 7.88. The topological polar surface area (TPSA) is 12.0 Å². The minimum Gasteiger partial charge on any atom is -0.310 e. The van der Waals surface area contributed by atoms with Crippen LogP contribution in [0, 0.1) is 0 Å². The third kappa shape index (κ3) is 5.16. The lowest BCUT2D eigenvalue weighted by Crippen LogP contribution is -2.31. The Morgan fingerprint density at radius 2 is 1.94 bits per heavy atom. The van der Waals surface area contributed by atoms with Gasteiger partial charge in [-0.1, -0.05) is 44.8 Å². The zero-order valence-corrected chi connectivity index (χ0v) is 11.2. The van der Waals surface area contributed by atoms with Gasteiger partial charge in [-0.25, -0.2) is 0 Å². The van der Waals surface area contributed by atoms with Crippen molar-refractivity contribution in [3.8, 4) is 0 Å². The SMILES string of the molecule is CCCNC(CCC)C1=CCCCCCC1. The second-order valence-electron chi connectivity index (χ2n) is 5.03. The maximum Gasteiger partial charge on any atom is 0.0279 e. The van der Waals surface area contributed by atoms with E-state index in [0.29, 0.717) is 6.04 Å². The normalized spacial score (nSPS) is 19.8. The molecule has 0 amide bonds. The van der Waals surface area contributed by atoms with Crippen LogP contribution in [-0.2, 0) is 0 Å². The molecular formula is C15H29N. The van der Waals surface area contributed by atoms with Gasteiger partial charge in [-0.3, -0.25) is 0 Å². The largest absolute Gasteiger partial charge is 0.310 e. The van der Waals surface area contributed by atoms with Crippen LogP contribution < -0.4 is 5.32 Å². The van der Waals surface area contributed by atoms with Gasteiger partial charge in [0.15, 0.2) is 0 Å². The molecule has 0 spiro atoms. The van der Waals surface area contributed by atoms with E-state index in [2.05, 4.69) is 25.2 Å². The summed E-state index contributed by atoms with van der Waals surface area (Å²) in [7, 11) is 0. The monoisotopic (exact) mass is 223 g/mol. The molecular weight excluding hydrogens is 194 g/mol. The van der Waals surface area contributed by atoms with Gasteiger partial charge in [0, 0.05) is 6.04 Å². The van der Waals surface area contributed by atoms with E-state index in [-0.39, 0.29) is 0 Å². The van der Waals surface area contributed by atoms with Gasteiger partial charge in [-0.15, -0.1) is 0 Å². The zero-order valence-electron chi connectivity index (χ0n) is 11.2. The van der Waals surface area contributed by atoms with E-state index < -0.39 is 0 Å². The summed E-state index contributed by atoms with van der Waals surface area (Å²) in [6.45, 7) is 5.72. The Balaban J connectivity index is 2.51. The third-order valence-corrected chi connectivity index (χ3v) is 3.49. The summed E-state index contributed by atoms with van der Waals surface area (Å²) in [6.07, 6.45) is 14.7. The summed E-state index contributed by atoms with van der Waals surface area (Å²) in [5.74, 6) is 0. The number of allylic oxidation sites excluding steroid dienone is 1. The predicted octanol–water partition coefficient (Wildman–Crippen LogP) is 4.44. The van der Waals surface area contributed by atoms with Crippen LogP contribution in [0.15, 0.2) is 11.6 Å². The maximum atomic E-state index is 3.72. The van der Waals surface area contributed by atoms with Gasteiger partial charge in [0.05, 0.1) is 0 Å². The van der Waals surface area contributed by atoms with Crippen molar-refractivity contribution in [2.75, 3.05) is 6.54 Å². The van der Waals surface area contributed by atoms with Gasteiger partial charge in [0.2, 0.25) is 0 Å². The lowest BCUT2D eigenvalue weighted by atomic mass is 9.92. The standard InChI is InChI=1S/C15H29N/c1-3-10-15(16-13-4-2)14-11-8-6-5-7-9-12-14/h11,15-16H,3-10,12-13H2,1-2H3. The fourth-order valence-electron chi connectivity index (χ4n) is 2.56. The van der Waals surface area contributed by atoms with E-state index in [9.17, 15) is 0 Å². The summed E-state index contributed by atoms with van der Waals surface area (Å²) >= 11 is 0. The second kappa shape index (κ2) is 8.81. The van der Waals surface area contributed by atoms with Gasteiger partial charge >= 0.3 is 0 Å². The molecule has 0 saturated carbocycles. The fraction of sp³-hybridized carbons (Fsp3) is 0.867. The highest BCUT2D eigenvalue weighted by atomic mass is 14.9. The van der Waals surface area contributed by atoms with Crippen molar-refractivity contribution < 1.29 is 0 Å². The molecule has 94 valence electrons. The summed E-state index contributed by atoms with van der Waals surface area (Å²) in [5, 5.41) is 3.72. The third-order valence-electron chi connectivity index (χ3n) is 3.49. The Kier molecular flexibility index (Phi) is 7.58. The Bertz CT molecular complexity index is 196. The van der Waals surface area contributed by atoms with Crippen LogP contribution in [0.25, 0.3) is 0 Å². The second-order valence-corrected chi connectivity index (χ2v) is 5.03. The molecule has 1 nitrogen and oxygen atoms in total. The van der Waals surface area contributed by atoms with E-state index in [1.807, 2.05) is 0 Å². The molecule has 0 heterocycles. The molecule has 1 unspecified atom stereocenters. The number of nitrogens with one attached hydrogen (secondary N) is 1. The lowest BCUT2D eigenvalue weighted by Gasteiger charge is -2.23. The fourth-order valence-corrected chi connectivity index (χ4v) is 2.56. The van der Waals surface area contributed by atoms with Crippen LogP contribution in [0.2, 0.25) is 0 Å². The highest BCUT2D eigenvalue weighted by Crippen LogP contribution is 2.21. The summed E-state index contributed by atoms with van der Waals surface area (Å²) in [6, 6.07) is 0.669. The maximum absolute atomic E-state index is 3.72. The van der Waals surface area contributed by atoms with Crippen molar-refractivity contribution in [3.63, 3.8) is 0 Å². The molecule has 16 heavy (non-hydrogen) atoms. The Labute approximate surface area is 102 Å². The van der Waals surface area contributed by atoms with Crippen molar-refractivity contribution in [1.29, 1.82) is 0 Å². The molecule has 1 N–H and O–H groups in total. The number of hydrogen-bond acceptors (Lipinski definition) is 1. The van der Waals surface area contributed by atoms with Crippen molar-refractivity contribution in [1.82, 2.24) is 5.32 Å². The molecule has 0 aliphatic heterocycles. The van der Waals surface area contributed by atoms with Gasteiger partial charge in [0.25, 0.3) is 0 Å². The number of rotatable bonds is 6. The van der Waals surface area contributed by atoms with E-state index in [0.717, 1.165) is 0 Å².